The zero-order valence-corrected chi connectivity index (χ0v) is 13.9. The van der Waals surface area contributed by atoms with Crippen LogP contribution in [0.25, 0.3) is 0 Å². The number of halogens is 3. The summed E-state index contributed by atoms with van der Waals surface area (Å²) in [7, 11) is 0. The molecule has 0 aliphatic rings. The molecule has 0 aliphatic carbocycles. The number of hydrogen-bond donors (Lipinski definition) is 0. The van der Waals surface area contributed by atoms with Crippen LogP contribution in [0.2, 0.25) is 0 Å². The largest absolute Gasteiger partial charge is 0.417 e. The molecule has 0 unspecified atom stereocenters. The third-order valence-electron chi connectivity index (χ3n) is 4.12. The van der Waals surface area contributed by atoms with E-state index < -0.39 is 17.3 Å². The van der Waals surface area contributed by atoms with Gasteiger partial charge in [0.1, 0.15) is 0 Å². The maximum Gasteiger partial charge on any atom is 0.417 e. The van der Waals surface area contributed by atoms with Gasteiger partial charge in [0.15, 0.2) is 5.78 Å². The molecule has 0 spiro atoms. The monoisotopic (exact) mass is 337 g/mol. The molecule has 0 fully saturated rings. The van der Waals surface area contributed by atoms with E-state index in [0.717, 1.165) is 34.0 Å². The Balaban J connectivity index is 2.59. The van der Waals surface area contributed by atoms with Crippen molar-refractivity contribution in [2.24, 2.45) is 0 Å². The van der Waals surface area contributed by atoms with Crippen LogP contribution < -0.4 is 5.56 Å². The van der Waals surface area contributed by atoms with Gasteiger partial charge in [0.2, 0.25) is 0 Å². The first-order valence-electron chi connectivity index (χ1n) is 7.40. The van der Waals surface area contributed by atoms with Gasteiger partial charge >= 0.3 is 6.18 Å². The molecule has 0 saturated carbocycles. The number of aryl methyl sites for hydroxylation is 2. The topological polar surface area (TPSA) is 39.1 Å². The molecule has 2 rings (SSSR count). The van der Waals surface area contributed by atoms with E-state index in [2.05, 4.69) is 0 Å². The number of Topliss-reactive ketones (excluding diaryl/α,β-unsaturated/α-hetero) is 1. The minimum atomic E-state index is -4.52. The van der Waals surface area contributed by atoms with Gasteiger partial charge in [-0.25, -0.2) is 0 Å². The number of hydrogen-bond acceptors (Lipinski definition) is 2. The van der Waals surface area contributed by atoms with Crippen molar-refractivity contribution in [1.82, 2.24) is 4.57 Å². The van der Waals surface area contributed by atoms with Gasteiger partial charge in [-0.2, -0.15) is 13.2 Å². The molecule has 2 aromatic rings. The van der Waals surface area contributed by atoms with Gasteiger partial charge in [-0.3, -0.25) is 9.59 Å². The fourth-order valence-corrected chi connectivity index (χ4v) is 3.00. The van der Waals surface area contributed by atoms with E-state index in [1.54, 1.807) is 6.92 Å². The van der Waals surface area contributed by atoms with Crippen LogP contribution in [0.5, 0.6) is 0 Å². The summed E-state index contributed by atoms with van der Waals surface area (Å²) >= 11 is 0. The SMILES string of the molecule is CC(=O)c1c(C)cc(C)c(Cn2cc(C(F)(F)F)ccc2=O)c1C. The van der Waals surface area contributed by atoms with E-state index in [4.69, 9.17) is 0 Å². The van der Waals surface area contributed by atoms with Crippen molar-refractivity contribution in [3.63, 3.8) is 0 Å². The van der Waals surface area contributed by atoms with E-state index in [-0.39, 0.29) is 12.3 Å². The standard InChI is InChI=1S/C18H18F3NO2/c1-10-7-11(2)17(13(4)23)12(3)15(10)9-22-8-14(18(19,20)21)5-6-16(22)24/h5-8H,9H2,1-4H3. The quantitative estimate of drug-likeness (QED) is 0.793. The lowest BCUT2D eigenvalue weighted by atomic mass is 9.91. The Bertz CT molecular complexity index is 864. The number of carbonyl (C=O) groups excluding carboxylic acids is 1. The molecule has 128 valence electrons. The Morgan fingerprint density at radius 3 is 2.29 bits per heavy atom. The third-order valence-corrected chi connectivity index (χ3v) is 4.12. The normalized spacial score (nSPS) is 11.6. The molecule has 0 amide bonds. The molecular formula is C18H18F3NO2. The number of ketones is 1. The maximum absolute atomic E-state index is 12.9. The second-order valence-electron chi connectivity index (χ2n) is 5.93. The zero-order valence-electron chi connectivity index (χ0n) is 13.9. The molecule has 0 radical (unpaired) electrons. The summed E-state index contributed by atoms with van der Waals surface area (Å²) in [6, 6.07) is 3.50. The summed E-state index contributed by atoms with van der Waals surface area (Å²) in [5.74, 6) is -0.109. The first-order chi connectivity index (χ1) is 11.0. The van der Waals surface area contributed by atoms with Gasteiger partial charge in [0.25, 0.3) is 5.56 Å². The molecule has 0 bridgehead atoms. The van der Waals surface area contributed by atoms with Crippen molar-refractivity contribution in [2.45, 2.75) is 40.4 Å². The van der Waals surface area contributed by atoms with E-state index in [9.17, 15) is 22.8 Å². The van der Waals surface area contributed by atoms with Crippen LogP contribution in [-0.2, 0) is 12.7 Å². The second-order valence-corrected chi connectivity index (χ2v) is 5.93. The van der Waals surface area contributed by atoms with Gasteiger partial charge < -0.3 is 4.57 Å². The summed E-state index contributed by atoms with van der Waals surface area (Å²) in [5, 5.41) is 0. The van der Waals surface area contributed by atoms with Crippen LogP contribution in [0.1, 0.15) is 45.1 Å². The first-order valence-corrected chi connectivity index (χ1v) is 7.40. The lowest BCUT2D eigenvalue weighted by Gasteiger charge is -2.17. The number of benzene rings is 1. The average molecular weight is 337 g/mol. The van der Waals surface area contributed by atoms with Crippen molar-refractivity contribution in [3.8, 4) is 0 Å². The number of alkyl halides is 3. The Labute approximate surface area is 137 Å². The molecule has 1 heterocycles. The van der Waals surface area contributed by atoms with Crippen LogP contribution in [0.15, 0.2) is 29.2 Å². The van der Waals surface area contributed by atoms with Crippen LogP contribution in [0.3, 0.4) is 0 Å². The summed E-state index contributed by atoms with van der Waals surface area (Å²) in [5.41, 5.74) is 2.19. The Morgan fingerprint density at radius 2 is 1.75 bits per heavy atom. The average Bonchev–Trinajstić information content (AvgIpc) is 2.43. The smallest absolute Gasteiger partial charge is 0.310 e. The van der Waals surface area contributed by atoms with Crippen LogP contribution in [-0.4, -0.2) is 10.4 Å². The molecule has 1 aromatic carbocycles. The first kappa shape index (κ1) is 18.0. The van der Waals surface area contributed by atoms with E-state index >= 15 is 0 Å². The number of aromatic nitrogens is 1. The summed E-state index contributed by atoms with van der Waals surface area (Å²) in [6.45, 7) is 6.82. The highest BCUT2D eigenvalue weighted by atomic mass is 19.4. The van der Waals surface area contributed by atoms with Gasteiger partial charge in [-0.05, 0) is 56.0 Å². The Hall–Kier alpha value is -2.37. The Morgan fingerprint density at radius 1 is 1.12 bits per heavy atom. The number of nitrogens with zero attached hydrogens (tertiary/aromatic N) is 1. The van der Waals surface area contributed by atoms with Crippen molar-refractivity contribution in [3.05, 3.63) is 68.1 Å². The van der Waals surface area contributed by atoms with Gasteiger partial charge in [-0.15, -0.1) is 0 Å². The third kappa shape index (κ3) is 3.42. The highest BCUT2D eigenvalue weighted by molar-refractivity contribution is 5.97. The molecule has 24 heavy (non-hydrogen) atoms. The molecule has 0 atom stereocenters. The molecular weight excluding hydrogens is 319 g/mol. The van der Waals surface area contributed by atoms with Crippen LogP contribution >= 0.6 is 0 Å². The van der Waals surface area contributed by atoms with Crippen LogP contribution in [0, 0.1) is 20.8 Å². The van der Waals surface area contributed by atoms with Gasteiger partial charge in [0, 0.05) is 17.8 Å². The fourth-order valence-electron chi connectivity index (χ4n) is 3.00. The minimum absolute atomic E-state index is 0.0129. The van der Waals surface area contributed by atoms with Crippen molar-refractivity contribution < 1.29 is 18.0 Å². The second kappa shape index (κ2) is 6.26. The van der Waals surface area contributed by atoms with Crippen LogP contribution in [0.4, 0.5) is 13.2 Å². The zero-order chi connectivity index (χ0) is 18.2. The number of pyridine rings is 1. The molecule has 1 aromatic heterocycles. The molecule has 0 N–H and O–H groups in total. The lowest BCUT2D eigenvalue weighted by Crippen LogP contribution is -2.23. The minimum Gasteiger partial charge on any atom is -0.310 e. The van der Waals surface area contributed by atoms with E-state index in [1.807, 2.05) is 19.9 Å². The van der Waals surface area contributed by atoms with Gasteiger partial charge in [0.05, 0.1) is 12.1 Å². The van der Waals surface area contributed by atoms with Crippen molar-refractivity contribution >= 4 is 5.78 Å². The number of carbonyl (C=O) groups is 1. The summed E-state index contributed by atoms with van der Waals surface area (Å²) in [6.07, 6.45) is -3.70. The summed E-state index contributed by atoms with van der Waals surface area (Å²) < 4.78 is 39.6. The van der Waals surface area contributed by atoms with Gasteiger partial charge in [-0.1, -0.05) is 6.07 Å². The predicted octanol–water partition coefficient (Wildman–Crippen LogP) is 4.04. The fraction of sp³-hybridized carbons (Fsp3) is 0.333. The van der Waals surface area contributed by atoms with E-state index in [0.29, 0.717) is 16.7 Å². The van der Waals surface area contributed by atoms with E-state index in [1.165, 1.54) is 6.92 Å². The van der Waals surface area contributed by atoms with Crippen molar-refractivity contribution in [1.29, 1.82) is 0 Å². The highest BCUT2D eigenvalue weighted by Crippen LogP contribution is 2.29. The molecule has 3 nitrogen and oxygen atoms in total. The number of rotatable bonds is 3. The molecule has 6 heteroatoms. The highest BCUT2D eigenvalue weighted by Gasteiger charge is 2.31. The molecule has 0 saturated heterocycles. The summed E-state index contributed by atoms with van der Waals surface area (Å²) in [4.78, 5) is 23.8. The maximum atomic E-state index is 12.9. The Kier molecular flexibility index (Phi) is 4.69. The molecule has 0 aliphatic heterocycles. The van der Waals surface area contributed by atoms with Crippen molar-refractivity contribution in [2.75, 3.05) is 0 Å². The predicted molar refractivity (Wildman–Crippen MR) is 85.5 cm³/mol. The lowest BCUT2D eigenvalue weighted by molar-refractivity contribution is -0.138.